The Morgan fingerprint density at radius 1 is 1.15 bits per heavy atom. The van der Waals surface area contributed by atoms with Crippen molar-refractivity contribution in [3.05, 3.63) is 29.8 Å². The zero-order valence-corrected chi connectivity index (χ0v) is 16.1. The molecule has 1 saturated heterocycles. The van der Waals surface area contributed by atoms with Crippen molar-refractivity contribution in [2.75, 3.05) is 31.9 Å². The standard InChI is InChI=1S/C18H22N6O2S/c1-13-3-2-4-15(11-13)24-18(19-20-21-24)27-12-16(25)22-7-9-23(10-8-22)17(26)14-5-6-14/h2-4,11,14H,5-10,12H2,1H3. The van der Waals surface area contributed by atoms with Gasteiger partial charge >= 0.3 is 0 Å². The van der Waals surface area contributed by atoms with Gasteiger partial charge in [-0.3, -0.25) is 9.59 Å². The Morgan fingerprint density at radius 3 is 2.59 bits per heavy atom. The van der Waals surface area contributed by atoms with Gasteiger partial charge in [0.15, 0.2) is 0 Å². The highest BCUT2D eigenvalue weighted by molar-refractivity contribution is 7.99. The first-order chi connectivity index (χ1) is 13.1. The van der Waals surface area contributed by atoms with E-state index < -0.39 is 0 Å². The number of hydrogen-bond donors (Lipinski definition) is 0. The molecule has 142 valence electrons. The third-order valence-electron chi connectivity index (χ3n) is 4.88. The number of amides is 2. The summed E-state index contributed by atoms with van der Waals surface area (Å²) in [5.41, 5.74) is 2.00. The fourth-order valence-electron chi connectivity index (χ4n) is 3.17. The largest absolute Gasteiger partial charge is 0.339 e. The lowest BCUT2D eigenvalue weighted by Gasteiger charge is -2.34. The first kappa shape index (κ1) is 18.0. The lowest BCUT2D eigenvalue weighted by molar-refractivity contribution is -0.139. The number of nitrogens with zero attached hydrogens (tertiary/aromatic N) is 6. The molecule has 1 aromatic carbocycles. The Labute approximate surface area is 161 Å². The van der Waals surface area contributed by atoms with Crippen molar-refractivity contribution in [2.24, 2.45) is 5.92 Å². The maximum absolute atomic E-state index is 12.5. The van der Waals surface area contributed by atoms with Gasteiger partial charge in [0.2, 0.25) is 17.0 Å². The zero-order chi connectivity index (χ0) is 18.8. The van der Waals surface area contributed by atoms with Gasteiger partial charge in [-0.15, -0.1) is 5.10 Å². The maximum Gasteiger partial charge on any atom is 0.233 e. The van der Waals surface area contributed by atoms with E-state index in [1.54, 1.807) is 4.68 Å². The number of aromatic nitrogens is 4. The number of rotatable bonds is 5. The molecule has 2 fully saturated rings. The third kappa shape index (κ3) is 4.13. The predicted octanol–water partition coefficient (Wildman–Crippen LogP) is 1.14. The predicted molar refractivity (Wildman–Crippen MR) is 100 cm³/mol. The molecule has 0 N–H and O–H groups in total. The molecule has 9 heteroatoms. The second-order valence-corrected chi connectivity index (χ2v) is 7.92. The van der Waals surface area contributed by atoms with Gasteiger partial charge in [0.1, 0.15) is 0 Å². The zero-order valence-electron chi connectivity index (χ0n) is 15.2. The van der Waals surface area contributed by atoms with Crippen LogP contribution in [0, 0.1) is 12.8 Å². The van der Waals surface area contributed by atoms with Gasteiger partial charge in [-0.2, -0.15) is 4.68 Å². The summed E-state index contributed by atoms with van der Waals surface area (Å²) in [6.45, 7) is 4.47. The summed E-state index contributed by atoms with van der Waals surface area (Å²) in [7, 11) is 0. The molecular weight excluding hydrogens is 364 g/mol. The molecule has 2 aliphatic rings. The molecule has 8 nitrogen and oxygen atoms in total. The van der Waals surface area contributed by atoms with Crippen LogP contribution in [0.25, 0.3) is 5.69 Å². The highest BCUT2D eigenvalue weighted by Crippen LogP contribution is 2.31. The summed E-state index contributed by atoms with van der Waals surface area (Å²) in [5.74, 6) is 0.831. The van der Waals surface area contributed by atoms with Crippen LogP contribution in [0.15, 0.2) is 29.4 Å². The smallest absolute Gasteiger partial charge is 0.233 e. The van der Waals surface area contributed by atoms with Gasteiger partial charge in [-0.25, -0.2) is 0 Å². The minimum absolute atomic E-state index is 0.0531. The van der Waals surface area contributed by atoms with Crippen molar-refractivity contribution in [3.8, 4) is 5.69 Å². The van der Waals surface area contributed by atoms with Crippen molar-refractivity contribution in [1.29, 1.82) is 0 Å². The number of carbonyl (C=O) groups is 2. The molecule has 2 amide bonds. The van der Waals surface area contributed by atoms with Crippen molar-refractivity contribution >= 4 is 23.6 Å². The Morgan fingerprint density at radius 2 is 1.89 bits per heavy atom. The Kier molecular flexibility index (Phi) is 5.11. The number of aryl methyl sites for hydroxylation is 1. The average Bonchev–Trinajstić information content (AvgIpc) is 3.43. The van der Waals surface area contributed by atoms with Crippen LogP contribution < -0.4 is 0 Å². The van der Waals surface area contributed by atoms with Crippen LogP contribution in [-0.4, -0.2) is 73.8 Å². The number of hydrogen-bond acceptors (Lipinski definition) is 6. The minimum Gasteiger partial charge on any atom is -0.339 e. The number of tetrazole rings is 1. The molecule has 0 atom stereocenters. The second-order valence-electron chi connectivity index (χ2n) is 6.98. The van der Waals surface area contributed by atoms with Crippen LogP contribution in [0.2, 0.25) is 0 Å². The van der Waals surface area contributed by atoms with Crippen LogP contribution >= 0.6 is 11.8 Å². The van der Waals surface area contributed by atoms with E-state index in [-0.39, 0.29) is 23.5 Å². The number of thioether (sulfide) groups is 1. The molecule has 0 bridgehead atoms. The van der Waals surface area contributed by atoms with Gasteiger partial charge in [0.25, 0.3) is 0 Å². The summed E-state index contributed by atoms with van der Waals surface area (Å²) >= 11 is 1.33. The van der Waals surface area contributed by atoms with E-state index in [2.05, 4.69) is 15.5 Å². The highest BCUT2D eigenvalue weighted by atomic mass is 32.2. The van der Waals surface area contributed by atoms with E-state index in [0.29, 0.717) is 31.3 Å². The molecule has 0 radical (unpaired) electrons. The van der Waals surface area contributed by atoms with E-state index in [9.17, 15) is 9.59 Å². The summed E-state index contributed by atoms with van der Waals surface area (Å²) in [4.78, 5) is 28.4. The molecule has 1 aliphatic heterocycles. The fourth-order valence-corrected chi connectivity index (χ4v) is 3.97. The molecule has 0 unspecified atom stereocenters. The SMILES string of the molecule is Cc1cccc(-n2nnnc2SCC(=O)N2CCN(C(=O)C3CC3)CC2)c1. The second kappa shape index (κ2) is 7.67. The summed E-state index contributed by atoms with van der Waals surface area (Å²) in [6, 6.07) is 7.90. The maximum atomic E-state index is 12.5. The Hall–Kier alpha value is -2.42. The van der Waals surface area contributed by atoms with Crippen molar-refractivity contribution in [3.63, 3.8) is 0 Å². The molecule has 4 rings (SSSR count). The van der Waals surface area contributed by atoms with E-state index >= 15 is 0 Å². The summed E-state index contributed by atoms with van der Waals surface area (Å²) < 4.78 is 1.65. The van der Waals surface area contributed by atoms with Gasteiger partial charge in [0, 0.05) is 32.1 Å². The molecule has 0 spiro atoms. The summed E-state index contributed by atoms with van der Waals surface area (Å²) in [5, 5.41) is 12.4. The van der Waals surface area contributed by atoms with Crippen molar-refractivity contribution in [1.82, 2.24) is 30.0 Å². The molecule has 1 aromatic heterocycles. The Bertz CT molecular complexity index is 842. The van der Waals surface area contributed by atoms with Gasteiger partial charge in [-0.1, -0.05) is 23.9 Å². The van der Waals surface area contributed by atoms with Crippen LogP contribution in [-0.2, 0) is 9.59 Å². The van der Waals surface area contributed by atoms with Crippen molar-refractivity contribution in [2.45, 2.75) is 24.9 Å². The van der Waals surface area contributed by atoms with Crippen LogP contribution in [0.4, 0.5) is 0 Å². The lowest BCUT2D eigenvalue weighted by atomic mass is 10.2. The van der Waals surface area contributed by atoms with Crippen LogP contribution in [0.5, 0.6) is 0 Å². The normalized spacial score (nSPS) is 17.2. The minimum atomic E-state index is 0.0531. The van der Waals surface area contributed by atoms with Crippen molar-refractivity contribution < 1.29 is 9.59 Å². The van der Waals surface area contributed by atoms with E-state index in [4.69, 9.17) is 0 Å². The molecule has 2 heterocycles. The highest BCUT2D eigenvalue weighted by Gasteiger charge is 2.35. The lowest BCUT2D eigenvalue weighted by Crippen LogP contribution is -2.51. The van der Waals surface area contributed by atoms with Crippen LogP contribution in [0.1, 0.15) is 18.4 Å². The third-order valence-corrected chi connectivity index (χ3v) is 5.79. The Balaban J connectivity index is 1.31. The molecular formula is C18H22N6O2S. The molecule has 1 aliphatic carbocycles. The number of piperazine rings is 1. The average molecular weight is 386 g/mol. The topological polar surface area (TPSA) is 84.2 Å². The first-order valence-electron chi connectivity index (χ1n) is 9.16. The first-order valence-corrected chi connectivity index (χ1v) is 10.1. The van der Waals surface area contributed by atoms with Gasteiger partial charge in [0.05, 0.1) is 11.4 Å². The molecule has 1 saturated carbocycles. The van der Waals surface area contributed by atoms with E-state index in [0.717, 1.165) is 24.1 Å². The molecule has 27 heavy (non-hydrogen) atoms. The van der Waals surface area contributed by atoms with E-state index in [1.165, 1.54) is 11.8 Å². The fraction of sp³-hybridized carbons (Fsp3) is 0.500. The van der Waals surface area contributed by atoms with Gasteiger partial charge < -0.3 is 9.80 Å². The summed E-state index contributed by atoms with van der Waals surface area (Å²) in [6.07, 6.45) is 2.04. The van der Waals surface area contributed by atoms with Crippen LogP contribution in [0.3, 0.4) is 0 Å². The number of benzene rings is 1. The van der Waals surface area contributed by atoms with E-state index in [1.807, 2.05) is 41.0 Å². The van der Waals surface area contributed by atoms with Gasteiger partial charge in [-0.05, 0) is 47.9 Å². The quantitative estimate of drug-likeness (QED) is 0.717. The monoisotopic (exact) mass is 386 g/mol. The molecule has 2 aromatic rings. The number of carbonyl (C=O) groups excluding carboxylic acids is 2.